The normalized spacial score (nSPS) is 13.8. The van der Waals surface area contributed by atoms with E-state index in [-0.39, 0.29) is 24.1 Å². The topological polar surface area (TPSA) is 70.7 Å². The van der Waals surface area contributed by atoms with Gasteiger partial charge in [0.25, 0.3) is 0 Å². The van der Waals surface area contributed by atoms with Crippen LogP contribution in [0, 0.1) is 0 Å². The molecule has 0 saturated carbocycles. The Bertz CT molecular complexity index is 1150. The summed E-state index contributed by atoms with van der Waals surface area (Å²) < 4.78 is 30.5. The molecule has 0 radical (unpaired) electrons. The highest BCUT2D eigenvalue weighted by atomic mass is 19.3. The molecule has 0 aromatic heterocycles. The van der Waals surface area contributed by atoms with Crippen molar-refractivity contribution in [3.05, 3.63) is 83.9 Å². The number of para-hydroxylation sites is 2. The average molecular weight is 451 g/mol. The van der Waals surface area contributed by atoms with Gasteiger partial charge in [0.15, 0.2) is 0 Å². The van der Waals surface area contributed by atoms with Crippen LogP contribution in [-0.4, -0.2) is 31.0 Å². The van der Waals surface area contributed by atoms with Crippen LogP contribution in [0.25, 0.3) is 0 Å². The number of hydrogen-bond donors (Lipinski definition) is 2. The number of halogens is 2. The summed E-state index contributed by atoms with van der Waals surface area (Å²) in [4.78, 5) is 26.7. The molecule has 8 heteroatoms. The highest BCUT2D eigenvalue weighted by Gasteiger charge is 2.29. The van der Waals surface area contributed by atoms with Crippen LogP contribution in [0.4, 0.5) is 25.8 Å². The number of carbonyl (C=O) groups excluding carboxylic acids is 2. The zero-order valence-electron chi connectivity index (χ0n) is 17.9. The predicted octanol–water partition coefficient (Wildman–Crippen LogP) is 4.66. The third-order valence-electron chi connectivity index (χ3n) is 5.30. The lowest BCUT2D eigenvalue weighted by Gasteiger charge is -2.31. The third-order valence-corrected chi connectivity index (χ3v) is 5.30. The largest absolute Gasteiger partial charge is 0.435 e. The van der Waals surface area contributed by atoms with Crippen molar-refractivity contribution in [2.24, 2.45) is 0 Å². The van der Waals surface area contributed by atoms with Gasteiger partial charge in [-0.25, -0.2) is 0 Å². The third kappa shape index (κ3) is 5.28. The number of nitrogens with zero attached hydrogens (tertiary/aromatic N) is 1. The second-order valence-corrected chi connectivity index (χ2v) is 7.72. The van der Waals surface area contributed by atoms with Crippen molar-refractivity contribution < 1.29 is 23.1 Å². The maximum Gasteiger partial charge on any atom is 0.387 e. The number of anilines is 3. The van der Waals surface area contributed by atoms with Gasteiger partial charge >= 0.3 is 6.61 Å². The summed E-state index contributed by atoms with van der Waals surface area (Å²) >= 11 is 0. The van der Waals surface area contributed by atoms with E-state index in [9.17, 15) is 18.4 Å². The molecule has 3 aromatic rings. The molecule has 3 aromatic carbocycles. The molecule has 0 fully saturated rings. The highest BCUT2D eigenvalue weighted by Crippen LogP contribution is 2.30. The molecule has 1 aliphatic rings. The van der Waals surface area contributed by atoms with Crippen LogP contribution in [0.15, 0.2) is 72.8 Å². The summed E-state index contributed by atoms with van der Waals surface area (Å²) in [6, 6.07) is 20.6. The Balaban J connectivity index is 1.55. The number of hydrogen-bond acceptors (Lipinski definition) is 4. The zero-order chi connectivity index (χ0) is 23.4. The van der Waals surface area contributed by atoms with Gasteiger partial charge < -0.3 is 15.4 Å². The second-order valence-electron chi connectivity index (χ2n) is 7.72. The molecule has 0 aliphatic carbocycles. The van der Waals surface area contributed by atoms with Crippen LogP contribution in [0.3, 0.4) is 0 Å². The second kappa shape index (κ2) is 9.68. The molecule has 2 amide bonds. The van der Waals surface area contributed by atoms with Crippen molar-refractivity contribution in [1.29, 1.82) is 0 Å². The summed E-state index contributed by atoms with van der Waals surface area (Å²) in [6.07, 6.45) is 0.389. The summed E-state index contributed by atoms with van der Waals surface area (Å²) in [7, 11) is 0. The molecule has 0 unspecified atom stereocenters. The Hall–Kier alpha value is -3.94. The van der Waals surface area contributed by atoms with Gasteiger partial charge in [-0.15, -0.1) is 0 Å². The number of nitrogens with one attached hydrogen (secondary N) is 2. The minimum absolute atomic E-state index is 0.0811. The first-order valence-electron chi connectivity index (χ1n) is 10.5. The maximum absolute atomic E-state index is 13.2. The van der Waals surface area contributed by atoms with E-state index in [4.69, 9.17) is 4.74 Å². The quantitative estimate of drug-likeness (QED) is 0.548. The van der Waals surface area contributed by atoms with Crippen molar-refractivity contribution in [2.75, 3.05) is 22.1 Å². The molecule has 0 bridgehead atoms. The van der Waals surface area contributed by atoms with Crippen LogP contribution in [0.2, 0.25) is 0 Å². The van der Waals surface area contributed by atoms with Crippen LogP contribution in [0.1, 0.15) is 18.1 Å². The summed E-state index contributed by atoms with van der Waals surface area (Å²) in [6.45, 7) is -1.33. The van der Waals surface area contributed by atoms with E-state index in [1.165, 1.54) is 11.0 Å². The number of rotatable bonds is 7. The van der Waals surface area contributed by atoms with E-state index in [0.717, 1.165) is 5.56 Å². The fourth-order valence-electron chi connectivity index (χ4n) is 3.81. The van der Waals surface area contributed by atoms with Crippen LogP contribution < -0.4 is 20.3 Å². The number of benzene rings is 3. The van der Waals surface area contributed by atoms with E-state index in [1.807, 2.05) is 30.3 Å². The Labute approximate surface area is 190 Å². The van der Waals surface area contributed by atoms with Crippen LogP contribution in [-0.2, 0) is 16.0 Å². The van der Waals surface area contributed by atoms with E-state index in [0.29, 0.717) is 29.0 Å². The average Bonchev–Trinajstić information content (AvgIpc) is 2.80. The number of ether oxygens (including phenoxy) is 1. The van der Waals surface area contributed by atoms with E-state index >= 15 is 0 Å². The number of carbonyl (C=O) groups is 2. The van der Waals surface area contributed by atoms with Crippen LogP contribution >= 0.6 is 0 Å². The van der Waals surface area contributed by atoms with Gasteiger partial charge in [0.1, 0.15) is 18.3 Å². The Kier molecular flexibility index (Phi) is 6.53. The van der Waals surface area contributed by atoms with Gasteiger partial charge in [0.05, 0.1) is 11.4 Å². The lowest BCUT2D eigenvalue weighted by molar-refractivity contribution is -0.122. The van der Waals surface area contributed by atoms with Gasteiger partial charge in [-0.3, -0.25) is 14.5 Å². The molecule has 0 saturated heterocycles. The number of alkyl halides is 2. The molecular formula is C25H23F2N3O3. The van der Waals surface area contributed by atoms with E-state index in [2.05, 4.69) is 10.6 Å². The van der Waals surface area contributed by atoms with Gasteiger partial charge in [0, 0.05) is 17.7 Å². The molecule has 2 N–H and O–H groups in total. The van der Waals surface area contributed by atoms with Gasteiger partial charge in [0.2, 0.25) is 11.8 Å². The lowest BCUT2D eigenvalue weighted by Crippen LogP contribution is -2.47. The Morgan fingerprint density at radius 2 is 1.82 bits per heavy atom. The monoisotopic (exact) mass is 451 g/mol. The lowest BCUT2D eigenvalue weighted by atomic mass is 10.0. The molecule has 6 nitrogen and oxygen atoms in total. The van der Waals surface area contributed by atoms with Crippen molar-refractivity contribution in [3.63, 3.8) is 0 Å². The van der Waals surface area contributed by atoms with E-state index < -0.39 is 12.7 Å². The van der Waals surface area contributed by atoms with Crippen LogP contribution in [0.5, 0.6) is 5.75 Å². The van der Waals surface area contributed by atoms with Crippen molar-refractivity contribution in [2.45, 2.75) is 26.0 Å². The first-order valence-corrected chi connectivity index (χ1v) is 10.5. The molecule has 170 valence electrons. The maximum atomic E-state index is 13.2. The van der Waals surface area contributed by atoms with E-state index in [1.54, 1.807) is 43.3 Å². The molecule has 1 aliphatic heterocycles. The fourth-order valence-corrected chi connectivity index (χ4v) is 3.81. The van der Waals surface area contributed by atoms with Crippen molar-refractivity contribution in [1.82, 2.24) is 0 Å². The molecular weight excluding hydrogens is 428 g/mol. The Morgan fingerprint density at radius 1 is 1.09 bits per heavy atom. The molecule has 1 heterocycles. The minimum atomic E-state index is -2.94. The minimum Gasteiger partial charge on any atom is -0.435 e. The van der Waals surface area contributed by atoms with Gasteiger partial charge in [-0.05, 0) is 42.8 Å². The summed E-state index contributed by atoms with van der Waals surface area (Å²) in [5.41, 5.74) is 3.29. The standard InChI is InChI=1S/C25H23F2N3O3/c1-16(24(32)30-15-23(31)29-20-9-5-6-10-21(20)30)28-19-11-12-22(33-25(26)27)18(14-19)13-17-7-3-2-4-8-17/h2-12,14,16,25,28H,13,15H2,1H3,(H,29,31)/t16-/m1/s1. The molecule has 33 heavy (non-hydrogen) atoms. The number of fused-ring (bicyclic) bond motifs is 1. The van der Waals surface area contributed by atoms with Gasteiger partial charge in [-0.1, -0.05) is 42.5 Å². The molecule has 1 atom stereocenters. The first-order chi connectivity index (χ1) is 15.9. The summed E-state index contributed by atoms with van der Waals surface area (Å²) in [5, 5.41) is 5.88. The van der Waals surface area contributed by atoms with Crippen molar-refractivity contribution in [3.8, 4) is 5.75 Å². The highest BCUT2D eigenvalue weighted by molar-refractivity contribution is 6.11. The first kappa shape index (κ1) is 22.3. The summed E-state index contributed by atoms with van der Waals surface area (Å²) in [5.74, 6) is -0.470. The van der Waals surface area contributed by atoms with Crippen molar-refractivity contribution >= 4 is 28.9 Å². The molecule has 4 rings (SSSR count). The predicted molar refractivity (Wildman–Crippen MR) is 123 cm³/mol. The molecule has 0 spiro atoms. The fraction of sp³-hybridized carbons (Fsp3) is 0.200. The zero-order valence-corrected chi connectivity index (χ0v) is 17.9. The SMILES string of the molecule is C[C@@H](Nc1ccc(OC(F)F)c(Cc2ccccc2)c1)C(=O)N1CC(=O)Nc2ccccc21. The number of amides is 2. The van der Waals surface area contributed by atoms with Gasteiger partial charge in [-0.2, -0.15) is 8.78 Å². The smallest absolute Gasteiger partial charge is 0.387 e. The Morgan fingerprint density at radius 3 is 2.58 bits per heavy atom.